The topological polar surface area (TPSA) is 49.0 Å². The Morgan fingerprint density at radius 3 is 2.70 bits per heavy atom. The monoisotopic (exact) mass is 289 g/mol. The predicted molar refractivity (Wildman–Crippen MR) is 78.2 cm³/mol. The van der Waals surface area contributed by atoms with Gasteiger partial charge in [-0.25, -0.2) is 4.98 Å². The molecule has 1 amide bonds. The molecule has 20 heavy (non-hydrogen) atoms. The van der Waals surface area contributed by atoms with Gasteiger partial charge >= 0.3 is 0 Å². The molecule has 0 N–H and O–H groups in total. The summed E-state index contributed by atoms with van der Waals surface area (Å²) < 4.78 is 6.27. The zero-order valence-corrected chi connectivity index (χ0v) is 11.8. The van der Waals surface area contributed by atoms with Gasteiger partial charge in [-0.15, -0.1) is 0 Å². The van der Waals surface area contributed by atoms with Crippen molar-refractivity contribution in [3.05, 3.63) is 24.3 Å². The van der Waals surface area contributed by atoms with Crippen LogP contribution in [0.5, 0.6) is 0 Å². The number of epoxide rings is 1. The summed E-state index contributed by atoms with van der Waals surface area (Å²) in [5.41, 5.74) is 1.05. The molecule has 1 unspecified atom stereocenters. The van der Waals surface area contributed by atoms with E-state index in [9.17, 15) is 4.79 Å². The van der Waals surface area contributed by atoms with Crippen LogP contribution in [-0.2, 0) is 9.53 Å². The van der Waals surface area contributed by atoms with Crippen LogP contribution in [0.2, 0.25) is 0 Å². The van der Waals surface area contributed by atoms with Crippen LogP contribution in [0.1, 0.15) is 0 Å². The molecule has 3 heterocycles. The van der Waals surface area contributed by atoms with E-state index in [0.717, 1.165) is 36.8 Å². The number of piperazine rings is 1. The molecule has 6 heteroatoms. The fourth-order valence-electron chi connectivity index (χ4n) is 2.51. The summed E-state index contributed by atoms with van der Waals surface area (Å²) in [5, 5.41) is 1.06. The van der Waals surface area contributed by atoms with E-state index in [1.165, 1.54) is 4.70 Å². The number of fused-ring (bicyclic) bond motifs is 1. The number of thiazole rings is 1. The Labute approximate surface area is 120 Å². The van der Waals surface area contributed by atoms with Crippen molar-refractivity contribution in [2.45, 2.75) is 6.10 Å². The maximum atomic E-state index is 11.9. The molecule has 104 valence electrons. The lowest BCUT2D eigenvalue weighted by Crippen LogP contribution is -2.50. The Morgan fingerprint density at radius 2 is 2.00 bits per heavy atom. The molecule has 1 atom stereocenters. The van der Waals surface area contributed by atoms with Gasteiger partial charge in [0.05, 0.1) is 16.8 Å². The van der Waals surface area contributed by atoms with Gasteiger partial charge in [-0.3, -0.25) is 4.79 Å². The normalized spacial score (nSPS) is 22.3. The Kier molecular flexibility index (Phi) is 2.85. The summed E-state index contributed by atoms with van der Waals surface area (Å²) in [4.78, 5) is 20.8. The number of hydrogen-bond acceptors (Lipinski definition) is 5. The van der Waals surface area contributed by atoms with Crippen LogP contribution in [0, 0.1) is 0 Å². The largest absolute Gasteiger partial charge is 0.363 e. The van der Waals surface area contributed by atoms with Crippen LogP contribution in [0.4, 0.5) is 5.13 Å². The molecule has 5 nitrogen and oxygen atoms in total. The molecule has 0 bridgehead atoms. The molecule has 1 aromatic carbocycles. The smallest absolute Gasteiger partial charge is 0.254 e. The summed E-state index contributed by atoms with van der Waals surface area (Å²) >= 11 is 1.72. The molecular weight excluding hydrogens is 274 g/mol. The highest BCUT2D eigenvalue weighted by atomic mass is 32.1. The lowest BCUT2D eigenvalue weighted by atomic mass is 10.3. The second-order valence-corrected chi connectivity index (χ2v) is 6.11. The van der Waals surface area contributed by atoms with E-state index in [0.29, 0.717) is 6.61 Å². The Balaban J connectivity index is 1.46. The summed E-state index contributed by atoms with van der Waals surface area (Å²) in [5.74, 6) is 0.147. The maximum Gasteiger partial charge on any atom is 0.254 e. The van der Waals surface area contributed by atoms with Gasteiger partial charge in [-0.1, -0.05) is 23.5 Å². The van der Waals surface area contributed by atoms with Crippen molar-refractivity contribution < 1.29 is 9.53 Å². The first-order valence-electron chi connectivity index (χ1n) is 6.82. The first-order valence-corrected chi connectivity index (χ1v) is 7.64. The summed E-state index contributed by atoms with van der Waals surface area (Å²) in [7, 11) is 0. The zero-order chi connectivity index (χ0) is 13.5. The predicted octanol–water partition coefficient (Wildman–Crippen LogP) is 1.34. The number of carbonyl (C=O) groups is 1. The van der Waals surface area contributed by atoms with Crippen LogP contribution in [0.3, 0.4) is 0 Å². The van der Waals surface area contributed by atoms with Crippen LogP contribution < -0.4 is 4.90 Å². The van der Waals surface area contributed by atoms with E-state index in [1.54, 1.807) is 11.3 Å². The van der Waals surface area contributed by atoms with Gasteiger partial charge in [0.15, 0.2) is 11.2 Å². The molecule has 0 saturated carbocycles. The van der Waals surface area contributed by atoms with E-state index < -0.39 is 0 Å². The van der Waals surface area contributed by atoms with Crippen LogP contribution >= 0.6 is 11.3 Å². The zero-order valence-electron chi connectivity index (χ0n) is 11.0. The van der Waals surface area contributed by atoms with Crippen molar-refractivity contribution in [2.75, 3.05) is 37.7 Å². The average Bonchev–Trinajstić information content (AvgIpc) is 3.25. The van der Waals surface area contributed by atoms with Gasteiger partial charge < -0.3 is 14.5 Å². The summed E-state index contributed by atoms with van der Waals surface area (Å²) in [6.45, 7) is 3.80. The minimum atomic E-state index is -0.163. The number of aromatic nitrogens is 1. The Morgan fingerprint density at radius 1 is 1.25 bits per heavy atom. The lowest BCUT2D eigenvalue weighted by molar-refractivity contribution is -0.132. The van der Waals surface area contributed by atoms with Gasteiger partial charge in [-0.05, 0) is 12.1 Å². The quantitative estimate of drug-likeness (QED) is 0.783. The first-order chi connectivity index (χ1) is 9.81. The van der Waals surface area contributed by atoms with E-state index in [4.69, 9.17) is 4.74 Å². The summed E-state index contributed by atoms with van der Waals surface area (Å²) in [6.07, 6.45) is -0.163. The molecule has 2 aromatic rings. The number of hydrogen-bond donors (Lipinski definition) is 0. The fourth-order valence-corrected chi connectivity index (χ4v) is 3.52. The molecule has 2 aliphatic heterocycles. The number of benzene rings is 1. The number of anilines is 1. The van der Waals surface area contributed by atoms with Crippen LogP contribution in [0.15, 0.2) is 24.3 Å². The van der Waals surface area contributed by atoms with Crippen molar-refractivity contribution in [1.29, 1.82) is 0 Å². The van der Waals surface area contributed by atoms with Crippen molar-refractivity contribution in [3.63, 3.8) is 0 Å². The number of amides is 1. The van der Waals surface area contributed by atoms with Gasteiger partial charge in [0.1, 0.15) is 0 Å². The fraction of sp³-hybridized carbons (Fsp3) is 0.429. The van der Waals surface area contributed by atoms with E-state index in [-0.39, 0.29) is 12.0 Å². The van der Waals surface area contributed by atoms with E-state index in [2.05, 4.69) is 16.0 Å². The molecule has 1 aromatic heterocycles. The van der Waals surface area contributed by atoms with Gasteiger partial charge in [0.25, 0.3) is 5.91 Å². The minimum absolute atomic E-state index is 0.147. The third kappa shape index (κ3) is 2.14. The molecule has 2 saturated heterocycles. The summed E-state index contributed by atoms with van der Waals surface area (Å²) in [6, 6.07) is 8.19. The minimum Gasteiger partial charge on any atom is -0.363 e. The van der Waals surface area contributed by atoms with Gasteiger partial charge in [0, 0.05) is 26.2 Å². The number of ether oxygens (including phenoxy) is 1. The number of carbonyl (C=O) groups excluding carboxylic acids is 1. The lowest BCUT2D eigenvalue weighted by Gasteiger charge is -2.34. The second-order valence-electron chi connectivity index (χ2n) is 5.10. The van der Waals surface area contributed by atoms with Crippen LogP contribution in [0.25, 0.3) is 10.2 Å². The number of para-hydroxylation sites is 1. The number of nitrogens with zero attached hydrogens (tertiary/aromatic N) is 3. The Hall–Kier alpha value is -1.66. The van der Waals surface area contributed by atoms with E-state index in [1.807, 2.05) is 23.1 Å². The second kappa shape index (κ2) is 4.71. The highest BCUT2D eigenvalue weighted by molar-refractivity contribution is 7.22. The molecule has 4 rings (SSSR count). The van der Waals surface area contributed by atoms with E-state index >= 15 is 0 Å². The number of rotatable bonds is 2. The molecule has 2 fully saturated rings. The molecular formula is C14H15N3O2S. The van der Waals surface area contributed by atoms with Gasteiger partial charge in [-0.2, -0.15) is 0 Å². The molecule has 0 radical (unpaired) electrons. The van der Waals surface area contributed by atoms with Crippen molar-refractivity contribution in [2.24, 2.45) is 0 Å². The molecule has 0 spiro atoms. The van der Waals surface area contributed by atoms with Crippen LogP contribution in [-0.4, -0.2) is 54.7 Å². The maximum absolute atomic E-state index is 11.9. The first kappa shape index (κ1) is 12.1. The third-order valence-corrected chi connectivity index (χ3v) is 4.85. The highest BCUT2D eigenvalue weighted by Crippen LogP contribution is 2.29. The average molecular weight is 289 g/mol. The van der Waals surface area contributed by atoms with Crippen molar-refractivity contribution in [3.8, 4) is 0 Å². The highest BCUT2D eigenvalue weighted by Gasteiger charge is 2.36. The Bertz CT molecular complexity index is 612. The molecule has 2 aliphatic rings. The standard InChI is InChI=1S/C14H15N3O2S/c18-13(11-9-19-11)16-5-7-17(8-6-16)14-15-10-3-1-2-4-12(10)20-14/h1-4,11H,5-9H2. The van der Waals surface area contributed by atoms with Crippen molar-refractivity contribution in [1.82, 2.24) is 9.88 Å². The third-order valence-electron chi connectivity index (χ3n) is 3.75. The SMILES string of the molecule is O=C(C1CO1)N1CCN(c2nc3ccccc3s2)CC1. The van der Waals surface area contributed by atoms with Gasteiger partial charge in [0.2, 0.25) is 0 Å². The molecule has 0 aliphatic carbocycles. The van der Waals surface area contributed by atoms with Crippen molar-refractivity contribution >= 4 is 32.6 Å².